The van der Waals surface area contributed by atoms with Gasteiger partial charge in [0.25, 0.3) is 0 Å². The molecule has 2 N–H and O–H groups in total. The first-order valence-electron chi connectivity index (χ1n) is 8.92. The largest absolute Gasteiger partial charge is 0.489 e. The Morgan fingerprint density at radius 1 is 0.933 bits per heavy atom. The molecule has 0 amide bonds. The Bertz CT molecular complexity index is 1230. The first kappa shape index (κ1) is 20.0. The van der Waals surface area contributed by atoms with Crippen molar-refractivity contribution >= 4 is 28.5 Å². The lowest BCUT2D eigenvalue weighted by molar-refractivity contribution is -0.138. The molecule has 3 aromatic carbocycles. The van der Waals surface area contributed by atoms with Crippen molar-refractivity contribution in [2.75, 3.05) is 5.73 Å². The van der Waals surface area contributed by atoms with Crippen LogP contribution in [0.15, 0.2) is 66.7 Å². The van der Waals surface area contributed by atoms with Crippen molar-refractivity contribution in [1.82, 2.24) is 9.97 Å². The average Bonchev–Trinajstić information content (AvgIpc) is 2.72. The highest BCUT2D eigenvalue weighted by Crippen LogP contribution is 2.33. The van der Waals surface area contributed by atoms with Gasteiger partial charge < -0.3 is 10.5 Å². The first-order valence-corrected chi connectivity index (χ1v) is 9.30. The molecule has 0 fully saturated rings. The highest BCUT2D eigenvalue weighted by atomic mass is 35.5. The third kappa shape index (κ3) is 4.16. The smallest absolute Gasteiger partial charge is 0.416 e. The summed E-state index contributed by atoms with van der Waals surface area (Å²) in [7, 11) is 0. The molecule has 1 aromatic heterocycles. The Morgan fingerprint density at radius 3 is 2.53 bits per heavy atom. The number of halogens is 4. The summed E-state index contributed by atoms with van der Waals surface area (Å²) in [5.74, 6) is 0.502. The lowest BCUT2D eigenvalue weighted by Crippen LogP contribution is -2.10. The fraction of sp³-hybridized carbons (Fsp3) is 0.0909. The number of nitrogens with two attached hydrogens (primary N) is 1. The van der Waals surface area contributed by atoms with Gasteiger partial charge >= 0.3 is 6.18 Å². The van der Waals surface area contributed by atoms with Crippen LogP contribution in [0.5, 0.6) is 5.75 Å². The molecule has 4 rings (SSSR count). The van der Waals surface area contributed by atoms with Crippen molar-refractivity contribution in [2.24, 2.45) is 0 Å². The van der Waals surface area contributed by atoms with Crippen LogP contribution in [-0.2, 0) is 12.8 Å². The number of nitrogen functional groups attached to an aromatic ring is 1. The molecule has 152 valence electrons. The Balaban J connectivity index is 1.67. The second-order valence-electron chi connectivity index (χ2n) is 6.56. The van der Waals surface area contributed by atoms with E-state index >= 15 is 0 Å². The molecule has 0 atom stereocenters. The van der Waals surface area contributed by atoms with E-state index in [0.717, 1.165) is 6.07 Å². The van der Waals surface area contributed by atoms with E-state index in [-0.39, 0.29) is 18.1 Å². The van der Waals surface area contributed by atoms with Crippen LogP contribution >= 0.6 is 11.6 Å². The molecular weight excluding hydrogens is 415 g/mol. The standard InChI is InChI=1S/C22H15ClF3N3O/c23-15-8-9-19-17(11-15)20(29-21(27)28-19)13-5-3-6-16(10-13)30-12-14-4-1-2-7-18(14)22(24,25)26/h1-11H,12H2,(H2,27,28,29). The van der Waals surface area contributed by atoms with Crippen molar-refractivity contribution in [2.45, 2.75) is 12.8 Å². The zero-order valence-corrected chi connectivity index (χ0v) is 16.2. The third-order valence-corrected chi connectivity index (χ3v) is 4.73. The predicted molar refractivity (Wildman–Crippen MR) is 110 cm³/mol. The zero-order valence-electron chi connectivity index (χ0n) is 15.4. The summed E-state index contributed by atoms with van der Waals surface area (Å²) in [6.45, 7) is -0.225. The molecule has 0 saturated heterocycles. The Hall–Kier alpha value is -3.32. The van der Waals surface area contributed by atoms with Crippen molar-refractivity contribution < 1.29 is 17.9 Å². The van der Waals surface area contributed by atoms with E-state index in [9.17, 15) is 13.2 Å². The monoisotopic (exact) mass is 429 g/mol. The summed E-state index contributed by atoms with van der Waals surface area (Å²) in [6, 6.07) is 17.4. The third-order valence-electron chi connectivity index (χ3n) is 4.50. The summed E-state index contributed by atoms with van der Waals surface area (Å²) in [5, 5.41) is 1.23. The van der Waals surface area contributed by atoms with E-state index in [0.29, 0.717) is 32.9 Å². The molecule has 4 aromatic rings. The van der Waals surface area contributed by atoms with Crippen LogP contribution in [0, 0.1) is 0 Å². The number of benzene rings is 3. The van der Waals surface area contributed by atoms with Crippen molar-refractivity contribution in [3.05, 3.63) is 82.9 Å². The van der Waals surface area contributed by atoms with Crippen LogP contribution < -0.4 is 10.5 Å². The van der Waals surface area contributed by atoms with E-state index in [4.69, 9.17) is 22.1 Å². The Kier molecular flexibility index (Phi) is 5.22. The summed E-state index contributed by atoms with van der Waals surface area (Å²) >= 11 is 6.11. The molecule has 0 saturated carbocycles. The lowest BCUT2D eigenvalue weighted by atomic mass is 10.1. The second kappa shape index (κ2) is 7.84. The number of anilines is 1. The fourth-order valence-corrected chi connectivity index (χ4v) is 3.33. The predicted octanol–water partition coefficient (Wildman–Crippen LogP) is 6.13. The van der Waals surface area contributed by atoms with Gasteiger partial charge in [-0.1, -0.05) is 41.9 Å². The van der Waals surface area contributed by atoms with Crippen molar-refractivity contribution in [1.29, 1.82) is 0 Å². The zero-order chi connectivity index (χ0) is 21.3. The van der Waals surface area contributed by atoms with Gasteiger partial charge in [0.2, 0.25) is 5.95 Å². The van der Waals surface area contributed by atoms with Crippen LogP contribution in [0.2, 0.25) is 5.02 Å². The minimum Gasteiger partial charge on any atom is -0.489 e. The van der Waals surface area contributed by atoms with Gasteiger partial charge in [-0.05, 0) is 36.4 Å². The minimum absolute atomic E-state index is 0.0546. The quantitative estimate of drug-likeness (QED) is 0.424. The normalized spacial score (nSPS) is 11.6. The van der Waals surface area contributed by atoms with Gasteiger partial charge in [-0.3, -0.25) is 0 Å². The number of ether oxygens (including phenoxy) is 1. The summed E-state index contributed by atoms with van der Waals surface area (Å²) < 4.78 is 45.2. The number of aromatic nitrogens is 2. The molecule has 0 aliphatic heterocycles. The van der Waals surface area contributed by atoms with E-state index in [1.165, 1.54) is 12.1 Å². The van der Waals surface area contributed by atoms with E-state index in [2.05, 4.69) is 9.97 Å². The molecule has 1 heterocycles. The molecule has 0 spiro atoms. The van der Waals surface area contributed by atoms with E-state index < -0.39 is 11.7 Å². The fourth-order valence-electron chi connectivity index (χ4n) is 3.16. The van der Waals surface area contributed by atoms with Crippen LogP contribution in [-0.4, -0.2) is 9.97 Å². The number of nitrogens with zero attached hydrogens (tertiary/aromatic N) is 2. The van der Waals surface area contributed by atoms with Crippen molar-refractivity contribution in [3.63, 3.8) is 0 Å². The van der Waals surface area contributed by atoms with Crippen LogP contribution in [0.25, 0.3) is 22.2 Å². The average molecular weight is 430 g/mol. The second-order valence-corrected chi connectivity index (χ2v) is 7.00. The van der Waals surface area contributed by atoms with Gasteiger partial charge in [-0.2, -0.15) is 13.2 Å². The number of alkyl halides is 3. The van der Waals surface area contributed by atoms with Gasteiger partial charge in [0.15, 0.2) is 0 Å². The SMILES string of the molecule is Nc1nc(-c2cccc(OCc3ccccc3C(F)(F)F)c2)c2cc(Cl)ccc2n1. The molecule has 0 aliphatic carbocycles. The van der Waals surface area contributed by atoms with Crippen molar-refractivity contribution in [3.8, 4) is 17.0 Å². The number of hydrogen-bond donors (Lipinski definition) is 1. The molecular formula is C22H15ClF3N3O. The molecule has 0 aliphatic rings. The maximum absolute atomic E-state index is 13.2. The summed E-state index contributed by atoms with van der Waals surface area (Å²) in [4.78, 5) is 8.53. The van der Waals surface area contributed by atoms with Crippen LogP contribution in [0.4, 0.5) is 19.1 Å². The van der Waals surface area contributed by atoms with Gasteiger partial charge in [-0.25, -0.2) is 9.97 Å². The minimum atomic E-state index is -4.45. The van der Waals surface area contributed by atoms with Gasteiger partial charge in [0.05, 0.1) is 16.8 Å². The first-order chi connectivity index (χ1) is 14.3. The Morgan fingerprint density at radius 2 is 1.73 bits per heavy atom. The number of rotatable bonds is 4. The highest BCUT2D eigenvalue weighted by Gasteiger charge is 2.32. The van der Waals surface area contributed by atoms with Gasteiger partial charge in [-0.15, -0.1) is 0 Å². The molecule has 8 heteroatoms. The maximum Gasteiger partial charge on any atom is 0.416 e. The van der Waals surface area contributed by atoms with Crippen LogP contribution in [0.3, 0.4) is 0 Å². The van der Waals surface area contributed by atoms with Crippen LogP contribution in [0.1, 0.15) is 11.1 Å². The van der Waals surface area contributed by atoms with E-state index in [1.807, 2.05) is 0 Å². The maximum atomic E-state index is 13.2. The van der Waals surface area contributed by atoms with Gasteiger partial charge in [0.1, 0.15) is 12.4 Å². The highest BCUT2D eigenvalue weighted by molar-refractivity contribution is 6.31. The van der Waals surface area contributed by atoms with E-state index in [1.54, 1.807) is 48.5 Å². The molecule has 0 radical (unpaired) electrons. The Labute approximate surface area is 175 Å². The van der Waals surface area contributed by atoms with Gasteiger partial charge in [0, 0.05) is 21.5 Å². The molecule has 0 bridgehead atoms. The topological polar surface area (TPSA) is 61.0 Å². The molecule has 0 unspecified atom stereocenters. The summed E-state index contributed by atoms with van der Waals surface area (Å²) in [6.07, 6.45) is -4.45. The molecule has 4 nitrogen and oxygen atoms in total. The molecule has 30 heavy (non-hydrogen) atoms. The summed E-state index contributed by atoms with van der Waals surface area (Å²) in [5.41, 5.74) is 7.04. The number of fused-ring (bicyclic) bond motifs is 1. The number of hydrogen-bond acceptors (Lipinski definition) is 4. The lowest BCUT2D eigenvalue weighted by Gasteiger charge is -2.14.